The topological polar surface area (TPSA) is 83.5 Å². The van der Waals surface area contributed by atoms with Crippen LogP contribution in [0.2, 0.25) is 5.02 Å². The van der Waals surface area contributed by atoms with E-state index in [0.29, 0.717) is 0 Å². The maximum atomic E-state index is 11.5. The third-order valence-corrected chi connectivity index (χ3v) is 2.27. The molecule has 0 unspecified atom stereocenters. The molecule has 0 aliphatic heterocycles. The predicted molar refractivity (Wildman–Crippen MR) is 61.4 cm³/mol. The Morgan fingerprint density at radius 1 is 1.35 bits per heavy atom. The molecule has 2 N–H and O–H groups in total. The van der Waals surface area contributed by atoms with Crippen LogP contribution in [0.5, 0.6) is 0 Å². The molecule has 0 aliphatic carbocycles. The number of aromatic carboxylic acids is 1. The molecule has 0 saturated heterocycles. The molecule has 0 aliphatic rings. The number of hydrogen-bond acceptors (Lipinski definition) is 3. The average Bonchev–Trinajstić information content (AvgIpc) is 2.25. The Morgan fingerprint density at radius 2 is 2.00 bits per heavy atom. The molecule has 5 nitrogen and oxygen atoms in total. The summed E-state index contributed by atoms with van der Waals surface area (Å²) in [5, 5.41) is 11.1. The maximum absolute atomic E-state index is 11.5. The molecule has 17 heavy (non-hydrogen) atoms. The van der Waals surface area contributed by atoms with Crippen LogP contribution in [0.1, 0.15) is 27.6 Å². The Bertz CT molecular complexity index is 484. The standard InChI is InChI=1S/C11H10ClNO4/c1-6(14)5-13-10(15)7-2-3-8(11(16)17)9(12)4-7/h2-4H,5H2,1H3,(H,13,15)(H,16,17). The summed E-state index contributed by atoms with van der Waals surface area (Å²) in [6.45, 7) is 1.28. The summed E-state index contributed by atoms with van der Waals surface area (Å²) >= 11 is 5.70. The van der Waals surface area contributed by atoms with E-state index in [9.17, 15) is 14.4 Å². The predicted octanol–water partition coefficient (Wildman–Crippen LogP) is 1.36. The van der Waals surface area contributed by atoms with Crippen LogP contribution >= 0.6 is 11.6 Å². The minimum absolute atomic E-state index is 0.0204. The quantitative estimate of drug-likeness (QED) is 0.851. The minimum atomic E-state index is -1.16. The fourth-order valence-electron chi connectivity index (χ4n) is 1.14. The van der Waals surface area contributed by atoms with Gasteiger partial charge >= 0.3 is 5.97 Å². The van der Waals surface area contributed by atoms with Crippen LogP contribution < -0.4 is 5.32 Å². The van der Waals surface area contributed by atoms with Crippen molar-refractivity contribution in [2.45, 2.75) is 6.92 Å². The van der Waals surface area contributed by atoms with Gasteiger partial charge in [-0.3, -0.25) is 9.59 Å². The van der Waals surface area contributed by atoms with Crippen LogP contribution in [-0.4, -0.2) is 29.3 Å². The van der Waals surface area contributed by atoms with E-state index in [0.717, 1.165) is 0 Å². The molecule has 1 aromatic rings. The van der Waals surface area contributed by atoms with Gasteiger partial charge in [0.05, 0.1) is 17.1 Å². The monoisotopic (exact) mass is 255 g/mol. The number of rotatable bonds is 4. The number of carbonyl (C=O) groups is 3. The number of Topliss-reactive ketones (excluding diaryl/α,β-unsaturated/α-hetero) is 1. The molecule has 0 radical (unpaired) electrons. The lowest BCUT2D eigenvalue weighted by atomic mass is 10.1. The summed E-state index contributed by atoms with van der Waals surface area (Å²) in [4.78, 5) is 32.9. The van der Waals surface area contributed by atoms with Gasteiger partial charge in [-0.1, -0.05) is 11.6 Å². The van der Waals surface area contributed by atoms with E-state index in [1.165, 1.54) is 25.1 Å². The SMILES string of the molecule is CC(=O)CNC(=O)c1ccc(C(=O)O)c(Cl)c1. The molecule has 0 fully saturated rings. The number of benzene rings is 1. The zero-order valence-electron chi connectivity index (χ0n) is 8.99. The highest BCUT2D eigenvalue weighted by molar-refractivity contribution is 6.33. The fraction of sp³-hybridized carbons (Fsp3) is 0.182. The van der Waals surface area contributed by atoms with Crippen molar-refractivity contribution < 1.29 is 19.5 Å². The van der Waals surface area contributed by atoms with Crippen LogP contribution in [0, 0.1) is 0 Å². The smallest absolute Gasteiger partial charge is 0.337 e. The van der Waals surface area contributed by atoms with Gasteiger partial charge in [-0.25, -0.2) is 4.79 Å². The molecule has 0 spiro atoms. The van der Waals surface area contributed by atoms with Gasteiger partial charge in [0.25, 0.3) is 5.91 Å². The Labute approximate surface area is 102 Å². The number of nitrogens with one attached hydrogen (secondary N) is 1. The van der Waals surface area contributed by atoms with Gasteiger partial charge < -0.3 is 10.4 Å². The molecular weight excluding hydrogens is 246 g/mol. The zero-order chi connectivity index (χ0) is 13.0. The van der Waals surface area contributed by atoms with E-state index in [4.69, 9.17) is 16.7 Å². The lowest BCUT2D eigenvalue weighted by Crippen LogP contribution is -2.28. The second kappa shape index (κ2) is 5.45. The second-order valence-corrected chi connectivity index (χ2v) is 3.79. The Balaban J connectivity index is 2.86. The highest BCUT2D eigenvalue weighted by Crippen LogP contribution is 2.17. The molecular formula is C11H10ClNO4. The minimum Gasteiger partial charge on any atom is -0.478 e. The van der Waals surface area contributed by atoms with Crippen LogP contribution in [0.25, 0.3) is 0 Å². The first kappa shape index (κ1) is 13.2. The van der Waals surface area contributed by atoms with Crippen molar-refractivity contribution in [3.63, 3.8) is 0 Å². The molecule has 1 aromatic carbocycles. The van der Waals surface area contributed by atoms with Crippen molar-refractivity contribution in [1.29, 1.82) is 0 Å². The number of hydrogen-bond donors (Lipinski definition) is 2. The lowest BCUT2D eigenvalue weighted by molar-refractivity contribution is -0.116. The normalized spacial score (nSPS) is 9.76. The number of halogens is 1. The first-order valence-electron chi connectivity index (χ1n) is 4.72. The van der Waals surface area contributed by atoms with Crippen molar-refractivity contribution in [3.05, 3.63) is 34.3 Å². The van der Waals surface area contributed by atoms with Crippen molar-refractivity contribution in [3.8, 4) is 0 Å². The van der Waals surface area contributed by atoms with Crippen molar-refractivity contribution >= 4 is 29.3 Å². The molecule has 1 rings (SSSR count). The van der Waals surface area contributed by atoms with Gasteiger partial charge in [-0.2, -0.15) is 0 Å². The first-order chi connectivity index (χ1) is 7.91. The largest absolute Gasteiger partial charge is 0.478 e. The molecule has 0 bridgehead atoms. The maximum Gasteiger partial charge on any atom is 0.337 e. The van der Waals surface area contributed by atoms with Crippen molar-refractivity contribution in [1.82, 2.24) is 5.32 Å². The van der Waals surface area contributed by atoms with Crippen molar-refractivity contribution in [2.24, 2.45) is 0 Å². The molecule has 1 amide bonds. The fourth-order valence-corrected chi connectivity index (χ4v) is 1.40. The van der Waals surface area contributed by atoms with Crippen LogP contribution in [-0.2, 0) is 4.79 Å². The number of carbonyl (C=O) groups excluding carboxylic acids is 2. The lowest BCUT2D eigenvalue weighted by Gasteiger charge is -2.04. The third kappa shape index (κ3) is 3.57. The number of amides is 1. The highest BCUT2D eigenvalue weighted by Gasteiger charge is 2.12. The average molecular weight is 256 g/mol. The van der Waals surface area contributed by atoms with E-state index >= 15 is 0 Å². The third-order valence-electron chi connectivity index (χ3n) is 1.96. The van der Waals surface area contributed by atoms with E-state index in [1.54, 1.807) is 0 Å². The highest BCUT2D eigenvalue weighted by atomic mass is 35.5. The second-order valence-electron chi connectivity index (χ2n) is 3.38. The molecule has 90 valence electrons. The summed E-state index contributed by atoms with van der Waals surface area (Å²) in [6.07, 6.45) is 0. The Hall–Kier alpha value is -1.88. The van der Waals surface area contributed by atoms with Crippen LogP contribution in [0.4, 0.5) is 0 Å². The van der Waals surface area contributed by atoms with Gasteiger partial charge in [0, 0.05) is 5.56 Å². The summed E-state index contributed by atoms with van der Waals surface area (Å²) < 4.78 is 0. The van der Waals surface area contributed by atoms with Crippen LogP contribution in [0.3, 0.4) is 0 Å². The van der Waals surface area contributed by atoms with Gasteiger partial charge in [0.1, 0.15) is 5.78 Å². The summed E-state index contributed by atoms with van der Waals surface area (Å²) in [5.41, 5.74) is 0.135. The summed E-state index contributed by atoms with van der Waals surface area (Å²) in [6, 6.07) is 3.83. The number of carboxylic acid groups (broad SMARTS) is 1. The van der Waals surface area contributed by atoms with E-state index in [-0.39, 0.29) is 28.5 Å². The van der Waals surface area contributed by atoms with E-state index in [2.05, 4.69) is 5.32 Å². The van der Waals surface area contributed by atoms with Gasteiger partial charge in [-0.05, 0) is 25.1 Å². The van der Waals surface area contributed by atoms with Gasteiger partial charge in [0.15, 0.2) is 0 Å². The molecule has 6 heteroatoms. The Morgan fingerprint density at radius 3 is 2.47 bits per heavy atom. The van der Waals surface area contributed by atoms with E-state index < -0.39 is 11.9 Å². The first-order valence-corrected chi connectivity index (χ1v) is 5.10. The summed E-state index contributed by atoms with van der Waals surface area (Å²) in [7, 11) is 0. The van der Waals surface area contributed by atoms with Gasteiger partial charge in [0.2, 0.25) is 0 Å². The summed E-state index contributed by atoms with van der Waals surface area (Å²) in [5.74, 6) is -1.81. The molecule has 0 saturated carbocycles. The molecule has 0 atom stereocenters. The molecule has 0 heterocycles. The Kier molecular flexibility index (Phi) is 4.23. The molecule has 0 aromatic heterocycles. The number of ketones is 1. The van der Waals surface area contributed by atoms with E-state index in [1.807, 2.05) is 0 Å². The number of carboxylic acids is 1. The van der Waals surface area contributed by atoms with Crippen molar-refractivity contribution in [2.75, 3.05) is 6.54 Å². The van der Waals surface area contributed by atoms with Gasteiger partial charge in [-0.15, -0.1) is 0 Å². The zero-order valence-corrected chi connectivity index (χ0v) is 9.75. The van der Waals surface area contributed by atoms with Crippen LogP contribution in [0.15, 0.2) is 18.2 Å².